The maximum absolute atomic E-state index is 9.43. The largest absolute Gasteiger partial charge is 0.393 e. The molecule has 4 nitrogen and oxygen atoms in total. The van der Waals surface area contributed by atoms with E-state index < -0.39 is 0 Å². The van der Waals surface area contributed by atoms with Gasteiger partial charge in [0.1, 0.15) is 0 Å². The van der Waals surface area contributed by atoms with Gasteiger partial charge in [-0.3, -0.25) is 4.68 Å². The summed E-state index contributed by atoms with van der Waals surface area (Å²) in [6.07, 6.45) is 1.36. The molecule has 1 heterocycles. The number of aryl methyl sites for hydroxylation is 2. The summed E-state index contributed by atoms with van der Waals surface area (Å²) in [5.41, 5.74) is 1.90. The van der Waals surface area contributed by atoms with E-state index in [1.165, 1.54) is 0 Å². The summed E-state index contributed by atoms with van der Waals surface area (Å²) in [4.78, 5) is 0. The zero-order valence-electron chi connectivity index (χ0n) is 10.8. The number of aromatic nitrogens is 2. The minimum Gasteiger partial charge on any atom is -0.393 e. The Morgan fingerprint density at radius 3 is 2.76 bits per heavy atom. The lowest BCUT2D eigenvalue weighted by molar-refractivity contribution is 0.159. The summed E-state index contributed by atoms with van der Waals surface area (Å²) in [7, 11) is 0. The highest BCUT2D eigenvalue weighted by Gasteiger charge is 2.11. The lowest BCUT2D eigenvalue weighted by Gasteiger charge is -2.10. The summed E-state index contributed by atoms with van der Waals surface area (Å²) >= 11 is 6.19. The Balaban J connectivity index is 2.46. The van der Waals surface area contributed by atoms with Crippen molar-refractivity contribution in [2.24, 2.45) is 0 Å². The molecule has 98 valence electrons. The van der Waals surface area contributed by atoms with Crippen LogP contribution in [0.2, 0.25) is 5.02 Å². The third-order valence-electron chi connectivity index (χ3n) is 2.87. The molecular weight excluding hydrogens is 238 g/mol. The first kappa shape index (κ1) is 14.5. The van der Waals surface area contributed by atoms with Gasteiger partial charge in [0.15, 0.2) is 0 Å². The van der Waals surface area contributed by atoms with Crippen molar-refractivity contribution >= 4 is 11.6 Å². The number of rotatable bonds is 7. The fraction of sp³-hybridized carbons (Fsp3) is 0.750. The summed E-state index contributed by atoms with van der Waals surface area (Å²) < 4.78 is 1.92. The fourth-order valence-corrected chi connectivity index (χ4v) is 1.92. The van der Waals surface area contributed by atoms with Crippen LogP contribution < -0.4 is 5.32 Å². The van der Waals surface area contributed by atoms with Gasteiger partial charge in [-0.05, 0) is 33.2 Å². The van der Waals surface area contributed by atoms with Crippen LogP contribution in [0, 0.1) is 6.92 Å². The maximum atomic E-state index is 9.43. The second-order valence-corrected chi connectivity index (χ2v) is 4.57. The van der Waals surface area contributed by atoms with Gasteiger partial charge in [0.25, 0.3) is 0 Å². The zero-order valence-corrected chi connectivity index (χ0v) is 11.6. The molecule has 0 aliphatic heterocycles. The van der Waals surface area contributed by atoms with E-state index in [1.54, 1.807) is 0 Å². The number of halogens is 1. The first-order valence-electron chi connectivity index (χ1n) is 6.20. The van der Waals surface area contributed by atoms with Crippen LogP contribution in [0.4, 0.5) is 0 Å². The topological polar surface area (TPSA) is 50.1 Å². The van der Waals surface area contributed by atoms with Crippen molar-refractivity contribution in [3.8, 4) is 0 Å². The molecule has 0 saturated heterocycles. The van der Waals surface area contributed by atoms with Gasteiger partial charge in [0, 0.05) is 13.1 Å². The van der Waals surface area contributed by atoms with Crippen LogP contribution in [0.5, 0.6) is 0 Å². The molecule has 0 aromatic carbocycles. The van der Waals surface area contributed by atoms with Crippen LogP contribution in [0.25, 0.3) is 0 Å². The second kappa shape index (κ2) is 6.99. The van der Waals surface area contributed by atoms with Crippen molar-refractivity contribution in [2.75, 3.05) is 6.54 Å². The van der Waals surface area contributed by atoms with E-state index in [0.717, 1.165) is 42.3 Å². The van der Waals surface area contributed by atoms with Crippen molar-refractivity contribution in [1.29, 1.82) is 0 Å². The number of hydrogen-bond donors (Lipinski definition) is 2. The Kier molecular flexibility index (Phi) is 5.95. The first-order valence-corrected chi connectivity index (χ1v) is 6.58. The molecule has 1 atom stereocenters. The number of hydrogen-bond acceptors (Lipinski definition) is 3. The van der Waals surface area contributed by atoms with Gasteiger partial charge >= 0.3 is 0 Å². The van der Waals surface area contributed by atoms with Crippen LogP contribution in [0.15, 0.2) is 0 Å². The summed E-state index contributed by atoms with van der Waals surface area (Å²) in [6.45, 7) is 8.26. The van der Waals surface area contributed by atoms with Crippen molar-refractivity contribution in [3.05, 3.63) is 16.4 Å². The molecule has 1 rings (SSSR count). The molecule has 0 spiro atoms. The van der Waals surface area contributed by atoms with Crippen molar-refractivity contribution in [2.45, 2.75) is 52.8 Å². The lowest BCUT2D eigenvalue weighted by Crippen LogP contribution is -2.21. The molecule has 0 saturated carbocycles. The highest BCUT2D eigenvalue weighted by Crippen LogP contribution is 2.19. The number of aliphatic hydroxyl groups is 1. The third-order valence-corrected chi connectivity index (χ3v) is 3.36. The number of nitrogens with one attached hydrogen (secondary N) is 1. The molecule has 0 bridgehead atoms. The minimum absolute atomic E-state index is 0.212. The summed E-state index contributed by atoms with van der Waals surface area (Å²) in [6, 6.07) is 0. The van der Waals surface area contributed by atoms with Crippen LogP contribution in [-0.4, -0.2) is 27.5 Å². The maximum Gasteiger partial charge on any atom is 0.0860 e. The van der Waals surface area contributed by atoms with E-state index >= 15 is 0 Å². The van der Waals surface area contributed by atoms with E-state index in [1.807, 2.05) is 25.5 Å². The molecule has 1 aromatic heterocycles. The SMILES string of the molecule is CCC(O)CCNCc1c(Cl)c(C)nn1CC. The van der Waals surface area contributed by atoms with Crippen LogP contribution in [0.1, 0.15) is 38.1 Å². The van der Waals surface area contributed by atoms with E-state index in [2.05, 4.69) is 10.4 Å². The van der Waals surface area contributed by atoms with E-state index in [0.29, 0.717) is 6.54 Å². The molecule has 1 unspecified atom stereocenters. The van der Waals surface area contributed by atoms with Crippen LogP contribution in [0.3, 0.4) is 0 Å². The highest BCUT2D eigenvalue weighted by molar-refractivity contribution is 6.31. The number of nitrogens with zero attached hydrogens (tertiary/aromatic N) is 2. The van der Waals surface area contributed by atoms with Gasteiger partial charge in [-0.15, -0.1) is 0 Å². The highest BCUT2D eigenvalue weighted by atomic mass is 35.5. The molecule has 5 heteroatoms. The molecule has 0 aliphatic rings. The fourth-order valence-electron chi connectivity index (χ4n) is 1.72. The molecule has 0 amide bonds. The Morgan fingerprint density at radius 2 is 2.18 bits per heavy atom. The van der Waals surface area contributed by atoms with Gasteiger partial charge in [0.2, 0.25) is 0 Å². The average molecular weight is 260 g/mol. The first-order chi connectivity index (χ1) is 8.10. The number of aliphatic hydroxyl groups excluding tert-OH is 1. The Morgan fingerprint density at radius 1 is 1.47 bits per heavy atom. The quantitative estimate of drug-likeness (QED) is 0.738. The molecule has 17 heavy (non-hydrogen) atoms. The predicted molar refractivity (Wildman–Crippen MR) is 70.3 cm³/mol. The smallest absolute Gasteiger partial charge is 0.0860 e. The molecule has 0 aliphatic carbocycles. The van der Waals surface area contributed by atoms with E-state index in [-0.39, 0.29) is 6.10 Å². The van der Waals surface area contributed by atoms with Crippen molar-refractivity contribution in [1.82, 2.24) is 15.1 Å². The van der Waals surface area contributed by atoms with Crippen LogP contribution in [-0.2, 0) is 13.1 Å². The van der Waals surface area contributed by atoms with E-state index in [4.69, 9.17) is 11.6 Å². The monoisotopic (exact) mass is 259 g/mol. The molecule has 2 N–H and O–H groups in total. The summed E-state index contributed by atoms with van der Waals surface area (Å²) in [5.74, 6) is 0. The van der Waals surface area contributed by atoms with Gasteiger partial charge in [-0.1, -0.05) is 18.5 Å². The van der Waals surface area contributed by atoms with Gasteiger partial charge in [-0.2, -0.15) is 5.10 Å². The molecule has 0 fully saturated rings. The zero-order chi connectivity index (χ0) is 12.8. The van der Waals surface area contributed by atoms with Gasteiger partial charge in [0.05, 0.1) is 22.5 Å². The molecular formula is C12H22ClN3O. The molecule has 1 aromatic rings. The van der Waals surface area contributed by atoms with Gasteiger partial charge in [-0.25, -0.2) is 0 Å². The van der Waals surface area contributed by atoms with Gasteiger partial charge < -0.3 is 10.4 Å². The minimum atomic E-state index is -0.212. The normalized spacial score (nSPS) is 13.0. The third kappa shape index (κ3) is 3.98. The Labute approximate surface area is 108 Å². The van der Waals surface area contributed by atoms with Crippen LogP contribution >= 0.6 is 11.6 Å². The summed E-state index contributed by atoms with van der Waals surface area (Å²) in [5, 5.41) is 17.8. The average Bonchev–Trinajstić information content (AvgIpc) is 2.61. The molecule has 0 radical (unpaired) electrons. The van der Waals surface area contributed by atoms with E-state index in [9.17, 15) is 5.11 Å². The van der Waals surface area contributed by atoms with Crippen molar-refractivity contribution < 1.29 is 5.11 Å². The lowest BCUT2D eigenvalue weighted by atomic mass is 10.2. The Hall–Kier alpha value is -0.580. The second-order valence-electron chi connectivity index (χ2n) is 4.19. The van der Waals surface area contributed by atoms with Crippen molar-refractivity contribution in [3.63, 3.8) is 0 Å². The standard InChI is InChI=1S/C12H22ClN3O/c1-4-10(17)6-7-14-8-11-12(13)9(3)15-16(11)5-2/h10,14,17H,4-8H2,1-3H3. The Bertz CT molecular complexity index is 352. The predicted octanol–water partition coefficient (Wildman–Crippen LogP) is 2.12.